The second-order valence-corrected chi connectivity index (χ2v) is 14.1. The molecule has 0 atom stereocenters. The van der Waals surface area contributed by atoms with Crippen LogP contribution in [0, 0.1) is 10.2 Å². The van der Waals surface area contributed by atoms with Crippen LogP contribution in [0.25, 0.3) is 44.1 Å². The number of halogens is 1. The van der Waals surface area contributed by atoms with Gasteiger partial charge in [-0.25, -0.2) is 38.6 Å². The fourth-order valence-electron chi connectivity index (χ4n) is 5.99. The number of carbonyl (C=O) groups excluding carboxylic acids is 3. The number of imidazole rings is 4. The maximum Gasteiger partial charge on any atom is 2.00 e. The molecule has 0 radical (unpaired) electrons. The molecule has 4 aromatic carbocycles. The number of carboxylic acids is 3. The van der Waals surface area contributed by atoms with Gasteiger partial charge in [0.05, 0.1) is 70.3 Å². The molecular weight excluding hydrogens is 1040 g/mol. The number of aromatic nitrogens is 8. The third kappa shape index (κ3) is 24.0. The normalized spacial score (nSPS) is 9.53. The predicted molar refractivity (Wildman–Crippen MR) is 234 cm³/mol. The van der Waals surface area contributed by atoms with Crippen molar-refractivity contribution in [1.82, 2.24) is 48.8 Å². The molecule has 0 aliphatic carbocycles. The van der Waals surface area contributed by atoms with Crippen LogP contribution in [0.2, 0.25) is 0 Å². The van der Waals surface area contributed by atoms with E-state index in [9.17, 15) is 0 Å². The van der Waals surface area contributed by atoms with E-state index < -0.39 is 28.2 Å². The first-order chi connectivity index (χ1) is 29.7. The van der Waals surface area contributed by atoms with Crippen LogP contribution < -0.4 is 44.6 Å². The third-order valence-electron chi connectivity index (χ3n) is 8.65. The molecule has 8 rings (SSSR count). The first kappa shape index (κ1) is 73.0. The Bertz CT molecular complexity index is 2390. The van der Waals surface area contributed by atoms with Crippen molar-refractivity contribution in [1.29, 1.82) is 0 Å². The van der Waals surface area contributed by atoms with Gasteiger partial charge >= 0.3 is 33.0 Å². The number of rotatable bonds is 8. The summed E-state index contributed by atoms with van der Waals surface area (Å²) in [5.74, 6) is 0.879. The van der Waals surface area contributed by atoms with E-state index in [1.807, 2.05) is 72.8 Å². The number of fused-ring (bicyclic) bond motifs is 4. The molecule has 28 heteroatoms. The van der Waals surface area contributed by atoms with Crippen molar-refractivity contribution >= 4 is 62.0 Å². The molecule has 0 unspecified atom stereocenters. The van der Waals surface area contributed by atoms with E-state index in [1.54, 1.807) is 0 Å². The number of hydrogen-bond acceptors (Lipinski definition) is 16. The number of carbonyl (C=O) groups is 3. The van der Waals surface area contributed by atoms with E-state index in [4.69, 9.17) is 48.3 Å². The van der Waals surface area contributed by atoms with Crippen LogP contribution in [-0.2, 0) is 102 Å². The van der Waals surface area contributed by atoms with Gasteiger partial charge in [0.1, 0.15) is 23.3 Å². The molecule has 0 saturated heterocycles. The average molecular weight is 1090 g/mol. The van der Waals surface area contributed by atoms with Gasteiger partial charge in [-0.05, 0) is 69.3 Å². The first-order valence-corrected chi connectivity index (χ1v) is 20.1. The Morgan fingerprint density at radius 3 is 0.700 bits per heavy atom. The summed E-state index contributed by atoms with van der Waals surface area (Å²) in [6, 6.07) is 32.8. The van der Waals surface area contributed by atoms with Gasteiger partial charge in [-0.3, -0.25) is 0 Å². The Hall–Kier alpha value is -5.99. The van der Waals surface area contributed by atoms with Crippen LogP contribution >= 0.6 is 0 Å². The van der Waals surface area contributed by atoms with E-state index in [-0.39, 0.29) is 60.4 Å². The van der Waals surface area contributed by atoms with Crippen molar-refractivity contribution in [2.45, 2.75) is 47.0 Å². The zero-order valence-electron chi connectivity index (χ0n) is 38.7. The molecule has 4 heterocycles. The molecule has 4 aromatic heterocycles. The summed E-state index contributed by atoms with van der Waals surface area (Å²) in [5, 5.41) is 33.6. The number of para-hydroxylation sites is 8. The summed E-state index contributed by atoms with van der Waals surface area (Å²) >= 11 is 0. The average Bonchev–Trinajstić information content (AvgIpc) is 3.91. The minimum Gasteiger partial charge on any atom is -0.550 e. The summed E-state index contributed by atoms with van der Waals surface area (Å²) in [6.45, 7) is 5.78. The van der Waals surface area contributed by atoms with E-state index in [0.717, 1.165) is 88.2 Å². The Morgan fingerprint density at radius 2 is 0.557 bits per heavy atom. The maximum atomic E-state index is 8.89. The van der Waals surface area contributed by atoms with Crippen LogP contribution in [0.4, 0.5) is 0 Å². The van der Waals surface area contributed by atoms with Crippen molar-refractivity contribution in [2.24, 2.45) is 28.2 Å². The number of nitrogens with one attached hydrogen (secondary N) is 2. The van der Waals surface area contributed by atoms with Crippen molar-refractivity contribution in [3.05, 3.63) is 120 Å². The molecule has 0 aliphatic heterocycles. The Morgan fingerprint density at radius 1 is 0.414 bits per heavy atom. The van der Waals surface area contributed by atoms with Crippen LogP contribution in [0.15, 0.2) is 97.1 Å². The quantitative estimate of drug-likeness (QED) is 0.134. The predicted octanol–water partition coefficient (Wildman–Crippen LogP) is -7.12. The van der Waals surface area contributed by atoms with Crippen LogP contribution in [0.1, 0.15) is 44.1 Å². The topological polar surface area (TPSA) is 465 Å². The minimum atomic E-state index is -4.94. The molecule has 0 saturated carbocycles. The van der Waals surface area contributed by atoms with E-state index >= 15 is 0 Å². The molecular formula is C42H57ClN10Ni2O15. The van der Waals surface area contributed by atoms with Crippen molar-refractivity contribution in [3.8, 4) is 0 Å². The summed E-state index contributed by atoms with van der Waals surface area (Å²) in [4.78, 5) is 45.4. The van der Waals surface area contributed by atoms with Gasteiger partial charge < -0.3 is 86.0 Å². The molecule has 70 heavy (non-hydrogen) atoms. The molecule has 0 amide bonds. The Balaban J connectivity index is -0.000000283. The molecule has 8 aromatic rings. The van der Waals surface area contributed by atoms with Gasteiger partial charge in [0.2, 0.25) is 0 Å². The van der Waals surface area contributed by atoms with Gasteiger partial charge in [0, 0.05) is 46.1 Å². The molecule has 0 fully saturated rings. The van der Waals surface area contributed by atoms with Crippen molar-refractivity contribution in [2.75, 3.05) is 0 Å². The molecule has 12 N–H and O–H groups in total. The van der Waals surface area contributed by atoms with E-state index in [1.165, 1.54) is 0 Å². The summed E-state index contributed by atoms with van der Waals surface area (Å²) in [5.41, 5.74) is 8.78. The van der Waals surface area contributed by atoms with Gasteiger partial charge in [0.25, 0.3) is 0 Å². The van der Waals surface area contributed by atoms with Crippen molar-refractivity contribution < 1.29 is 119 Å². The Kier molecular flexibility index (Phi) is 36.7. The van der Waals surface area contributed by atoms with Crippen LogP contribution in [0.5, 0.6) is 0 Å². The minimum absolute atomic E-state index is 0. The molecule has 0 spiro atoms. The van der Waals surface area contributed by atoms with Crippen LogP contribution in [-0.4, -0.2) is 83.5 Å². The fraction of sp³-hybridized carbons (Fsp3) is 0.262. The summed E-state index contributed by atoms with van der Waals surface area (Å²) in [7, 11) is 3.28. The molecule has 0 bridgehead atoms. The van der Waals surface area contributed by atoms with E-state index in [2.05, 4.69) is 101 Å². The van der Waals surface area contributed by atoms with Gasteiger partial charge in [-0.15, -0.1) is 10.2 Å². The summed E-state index contributed by atoms with van der Waals surface area (Å²) < 4.78 is 42.5. The van der Waals surface area contributed by atoms with E-state index in [0.29, 0.717) is 26.2 Å². The number of aliphatic carboxylic acids is 3. The first-order valence-electron chi connectivity index (χ1n) is 18.8. The summed E-state index contributed by atoms with van der Waals surface area (Å²) in [6.07, 6.45) is 0. The number of hydrogen-bond donors (Lipinski definition) is 2. The fourth-order valence-corrected chi connectivity index (χ4v) is 5.99. The second-order valence-electron chi connectivity index (χ2n) is 13.4. The second kappa shape index (κ2) is 35.2. The number of benzene rings is 4. The molecule has 392 valence electrons. The Labute approximate surface area is 423 Å². The van der Waals surface area contributed by atoms with Gasteiger partial charge in [-0.1, -0.05) is 48.5 Å². The van der Waals surface area contributed by atoms with Gasteiger partial charge in [0.15, 0.2) is 0 Å². The largest absolute Gasteiger partial charge is 2.00 e. The zero-order valence-corrected chi connectivity index (χ0v) is 41.5. The van der Waals surface area contributed by atoms with Gasteiger partial charge in [-0.2, -0.15) is 0 Å². The van der Waals surface area contributed by atoms with Crippen molar-refractivity contribution in [3.63, 3.8) is 0 Å². The standard InChI is InChI=1S/2C18H19N5.3C2H4O2.ClHO4.2Ni.5H2O/c2*1-22-15-9-5-3-7-13(15)20-17(22)11-19-12-18-21-14-8-4-6-10-16(14)23(18)2;3*1-2(3)4;2-1(3,4)5;;;;;;;/h2*3-10,19H,11-12H2,1-2H3;3*1H3,(H,3,4);(H,2,3,4,5);;;5*1H2/q;;;;;;2*+2;;;;;/p-4. The number of nitrogens with zero attached hydrogens (tertiary/aromatic N) is 8. The number of aryl methyl sites for hydroxylation is 4. The molecule has 25 nitrogen and oxygen atoms in total. The SMILES string of the molecule is CC(=O)[O-].CC(=O)[O-].CC(=O)[O-].Cn1c(CNCc2nc3ccccc3n2C)nc2ccccc21.Cn1c(CNCc2nc3ccccc3n2C)nc2ccccc21.O.O.O.O.O.[Ni+2].[Ni+2].[O-][Cl+3]([O-])([O-])[O-]. The zero-order chi connectivity index (χ0) is 46.9. The van der Waals surface area contributed by atoms with Crippen LogP contribution in [0.3, 0.4) is 0 Å². The number of carboxylic acid groups (broad SMARTS) is 3. The monoisotopic (exact) mass is 1090 g/mol. The third-order valence-corrected chi connectivity index (χ3v) is 8.65. The smallest absolute Gasteiger partial charge is 0.550 e. The molecule has 0 aliphatic rings. The maximum absolute atomic E-state index is 8.89.